The zero-order chi connectivity index (χ0) is 17.1. The summed E-state index contributed by atoms with van der Waals surface area (Å²) in [4.78, 5) is 16.2. The number of nitrogens with one attached hydrogen (secondary N) is 1. The Hall–Kier alpha value is -2.00. The summed E-state index contributed by atoms with van der Waals surface area (Å²) in [6, 6.07) is 13.7. The zero-order valence-corrected chi connectivity index (χ0v) is 15.3. The lowest BCUT2D eigenvalue weighted by Gasteiger charge is -2.02. The second kappa shape index (κ2) is 7.27. The number of hydrogen-bond acceptors (Lipinski definition) is 4. The molecule has 3 aromatic rings. The maximum Gasteiger partial charge on any atom is 0.308 e. The Bertz CT molecular complexity index is 863. The summed E-state index contributed by atoms with van der Waals surface area (Å²) in [6.07, 6.45) is -0.126. The quantitative estimate of drug-likeness (QED) is 0.538. The molecule has 0 aliphatic carbocycles. The number of carboxylic acids is 1. The lowest BCUT2D eigenvalue weighted by Crippen LogP contribution is -1.99. The summed E-state index contributed by atoms with van der Waals surface area (Å²) in [6.45, 7) is 0. The summed E-state index contributed by atoms with van der Waals surface area (Å²) >= 11 is 3.51. The van der Waals surface area contributed by atoms with Gasteiger partial charge in [-0.15, -0.1) is 11.3 Å². The molecule has 0 saturated carbocycles. The highest BCUT2D eigenvalue weighted by Crippen LogP contribution is 2.33. The van der Waals surface area contributed by atoms with E-state index in [9.17, 15) is 9.18 Å². The van der Waals surface area contributed by atoms with Crippen LogP contribution in [0.2, 0.25) is 0 Å². The molecule has 0 saturated heterocycles. The molecule has 0 aliphatic rings. The van der Waals surface area contributed by atoms with Crippen molar-refractivity contribution < 1.29 is 14.3 Å². The maximum absolute atomic E-state index is 13.1. The topological polar surface area (TPSA) is 62.2 Å². The Labute approximate surface area is 155 Å². The van der Waals surface area contributed by atoms with E-state index in [1.54, 1.807) is 12.1 Å². The molecule has 0 spiro atoms. The number of benzene rings is 2. The van der Waals surface area contributed by atoms with Crippen LogP contribution in [-0.4, -0.2) is 16.1 Å². The van der Waals surface area contributed by atoms with Crippen molar-refractivity contribution in [3.63, 3.8) is 0 Å². The van der Waals surface area contributed by atoms with Gasteiger partial charge >= 0.3 is 5.97 Å². The second-order valence-electron chi connectivity index (χ2n) is 5.00. The summed E-state index contributed by atoms with van der Waals surface area (Å²) in [7, 11) is 0. The van der Waals surface area contributed by atoms with E-state index >= 15 is 0 Å². The Balaban J connectivity index is 1.94. The molecule has 4 nitrogen and oxygen atoms in total. The fraction of sp³-hybridized carbons (Fsp3) is 0.0588. The molecule has 2 aromatic carbocycles. The molecule has 3 rings (SSSR count). The van der Waals surface area contributed by atoms with Gasteiger partial charge in [0.1, 0.15) is 5.82 Å². The predicted octanol–water partition coefficient (Wildman–Crippen LogP) is 4.92. The van der Waals surface area contributed by atoms with Crippen LogP contribution >= 0.6 is 33.9 Å². The Kier molecular flexibility index (Phi) is 5.10. The third kappa shape index (κ3) is 4.09. The number of halogens is 2. The fourth-order valence-corrected chi connectivity index (χ4v) is 3.51. The Morgan fingerprint density at radius 2 is 1.83 bits per heavy atom. The minimum absolute atomic E-state index is 0.126. The highest BCUT2D eigenvalue weighted by atomic mass is 127. The number of rotatable bonds is 5. The van der Waals surface area contributed by atoms with Gasteiger partial charge < -0.3 is 10.4 Å². The molecule has 122 valence electrons. The van der Waals surface area contributed by atoms with Gasteiger partial charge in [-0.1, -0.05) is 0 Å². The standard InChI is InChI=1S/C17H12FIN2O2S/c18-11-3-1-10(2-4-11)16-14(9-15(22)23)24-17(21-16)20-13-7-5-12(19)6-8-13/h1-8H,9H2,(H,20,21)(H,22,23). The molecular weight excluding hydrogens is 442 g/mol. The van der Waals surface area contributed by atoms with Crippen LogP contribution in [0.25, 0.3) is 11.3 Å². The molecule has 0 bridgehead atoms. The highest BCUT2D eigenvalue weighted by molar-refractivity contribution is 14.1. The number of carbonyl (C=O) groups is 1. The third-order valence-electron chi connectivity index (χ3n) is 3.22. The van der Waals surface area contributed by atoms with Gasteiger partial charge in [-0.3, -0.25) is 4.79 Å². The van der Waals surface area contributed by atoms with Crippen molar-refractivity contribution in [3.05, 3.63) is 62.8 Å². The maximum atomic E-state index is 13.1. The van der Waals surface area contributed by atoms with E-state index in [0.29, 0.717) is 21.3 Å². The van der Waals surface area contributed by atoms with Gasteiger partial charge in [0.15, 0.2) is 5.13 Å². The van der Waals surface area contributed by atoms with Gasteiger partial charge in [-0.25, -0.2) is 9.37 Å². The fourth-order valence-electron chi connectivity index (χ4n) is 2.15. The van der Waals surface area contributed by atoms with E-state index < -0.39 is 5.97 Å². The molecule has 0 unspecified atom stereocenters. The van der Waals surface area contributed by atoms with E-state index in [1.807, 2.05) is 24.3 Å². The van der Waals surface area contributed by atoms with E-state index in [4.69, 9.17) is 5.11 Å². The molecule has 0 amide bonds. The molecular formula is C17H12FIN2O2S. The lowest BCUT2D eigenvalue weighted by atomic mass is 10.1. The van der Waals surface area contributed by atoms with Crippen molar-refractivity contribution in [2.75, 3.05) is 5.32 Å². The van der Waals surface area contributed by atoms with Crippen LogP contribution in [0.15, 0.2) is 48.5 Å². The van der Waals surface area contributed by atoms with Gasteiger partial charge in [0.05, 0.1) is 12.1 Å². The molecule has 1 aromatic heterocycles. The monoisotopic (exact) mass is 454 g/mol. The number of carboxylic acid groups (broad SMARTS) is 1. The van der Waals surface area contributed by atoms with Crippen molar-refractivity contribution >= 4 is 50.7 Å². The normalized spacial score (nSPS) is 10.6. The van der Waals surface area contributed by atoms with E-state index in [-0.39, 0.29) is 12.2 Å². The Morgan fingerprint density at radius 1 is 1.17 bits per heavy atom. The molecule has 24 heavy (non-hydrogen) atoms. The summed E-state index contributed by atoms with van der Waals surface area (Å²) < 4.78 is 14.2. The van der Waals surface area contributed by atoms with Crippen LogP contribution in [0, 0.1) is 9.39 Å². The molecule has 0 atom stereocenters. The summed E-state index contributed by atoms with van der Waals surface area (Å²) in [5, 5.41) is 12.9. The largest absolute Gasteiger partial charge is 0.481 e. The van der Waals surface area contributed by atoms with Crippen molar-refractivity contribution in [1.29, 1.82) is 0 Å². The molecule has 0 aliphatic heterocycles. The summed E-state index contributed by atoms with van der Waals surface area (Å²) in [5.74, 6) is -1.27. The first-order chi connectivity index (χ1) is 11.5. The van der Waals surface area contributed by atoms with Gasteiger partial charge in [-0.05, 0) is 71.1 Å². The Morgan fingerprint density at radius 3 is 2.46 bits per heavy atom. The van der Waals surface area contributed by atoms with Crippen molar-refractivity contribution in [2.45, 2.75) is 6.42 Å². The lowest BCUT2D eigenvalue weighted by molar-refractivity contribution is -0.136. The smallest absolute Gasteiger partial charge is 0.308 e. The van der Waals surface area contributed by atoms with Crippen LogP contribution in [0.1, 0.15) is 4.88 Å². The number of nitrogens with zero attached hydrogens (tertiary/aromatic N) is 1. The summed E-state index contributed by atoms with van der Waals surface area (Å²) in [5.41, 5.74) is 2.13. The number of anilines is 2. The highest BCUT2D eigenvalue weighted by Gasteiger charge is 2.16. The second-order valence-corrected chi connectivity index (χ2v) is 7.33. The first-order valence-corrected chi connectivity index (χ1v) is 8.91. The van der Waals surface area contributed by atoms with Crippen LogP contribution < -0.4 is 5.32 Å². The van der Waals surface area contributed by atoms with Crippen molar-refractivity contribution in [3.8, 4) is 11.3 Å². The third-order valence-corrected chi connectivity index (χ3v) is 4.91. The number of aromatic nitrogens is 1. The first kappa shape index (κ1) is 16.8. The zero-order valence-electron chi connectivity index (χ0n) is 12.3. The predicted molar refractivity (Wildman–Crippen MR) is 101 cm³/mol. The minimum atomic E-state index is -0.928. The van der Waals surface area contributed by atoms with Crippen LogP contribution in [0.5, 0.6) is 0 Å². The van der Waals surface area contributed by atoms with Crippen LogP contribution in [0.3, 0.4) is 0 Å². The average molecular weight is 454 g/mol. The van der Waals surface area contributed by atoms with Gasteiger partial charge in [0.25, 0.3) is 0 Å². The SMILES string of the molecule is O=C(O)Cc1sc(Nc2ccc(I)cc2)nc1-c1ccc(F)cc1. The number of hydrogen-bond donors (Lipinski definition) is 2. The molecule has 7 heteroatoms. The van der Waals surface area contributed by atoms with E-state index in [1.165, 1.54) is 23.5 Å². The first-order valence-electron chi connectivity index (χ1n) is 7.01. The van der Waals surface area contributed by atoms with E-state index in [2.05, 4.69) is 32.9 Å². The number of thiazole rings is 1. The number of aliphatic carboxylic acids is 1. The average Bonchev–Trinajstić information content (AvgIpc) is 2.92. The molecule has 1 heterocycles. The van der Waals surface area contributed by atoms with E-state index in [0.717, 1.165) is 9.26 Å². The molecule has 0 radical (unpaired) electrons. The van der Waals surface area contributed by atoms with Gasteiger partial charge in [0, 0.05) is 19.7 Å². The van der Waals surface area contributed by atoms with Crippen LogP contribution in [0.4, 0.5) is 15.2 Å². The van der Waals surface area contributed by atoms with Gasteiger partial charge in [0.2, 0.25) is 0 Å². The van der Waals surface area contributed by atoms with Gasteiger partial charge in [-0.2, -0.15) is 0 Å². The van der Waals surface area contributed by atoms with Crippen molar-refractivity contribution in [2.24, 2.45) is 0 Å². The minimum Gasteiger partial charge on any atom is -0.481 e. The molecule has 2 N–H and O–H groups in total. The van der Waals surface area contributed by atoms with Crippen molar-refractivity contribution in [1.82, 2.24) is 4.98 Å². The molecule has 0 fully saturated rings. The van der Waals surface area contributed by atoms with Crippen LogP contribution in [-0.2, 0) is 11.2 Å².